The Morgan fingerprint density at radius 1 is 1.24 bits per heavy atom. The number of amides is 1. The van der Waals surface area contributed by atoms with Crippen molar-refractivity contribution in [1.29, 1.82) is 0 Å². The van der Waals surface area contributed by atoms with E-state index in [1.165, 1.54) is 11.0 Å². The van der Waals surface area contributed by atoms with Crippen LogP contribution in [0.4, 0.5) is 5.13 Å². The molecule has 38 heavy (non-hydrogen) atoms. The summed E-state index contributed by atoms with van der Waals surface area (Å²) in [6, 6.07) is 12.8. The minimum atomic E-state index is -0.980. The molecular weight excluding hydrogens is 572 g/mol. The monoisotopic (exact) mass is 596 g/mol. The molecule has 1 saturated heterocycles. The van der Waals surface area contributed by atoms with Gasteiger partial charge in [-0.1, -0.05) is 59.0 Å². The van der Waals surface area contributed by atoms with Crippen molar-refractivity contribution in [3.8, 4) is 5.75 Å². The first-order chi connectivity index (χ1) is 18.3. The first kappa shape index (κ1) is 27.3. The molecule has 1 fully saturated rings. The number of Topliss-reactive ketones (excluding diaryl/α,β-unsaturated/α-hetero) is 1. The van der Waals surface area contributed by atoms with Crippen molar-refractivity contribution >= 4 is 55.8 Å². The van der Waals surface area contributed by atoms with Gasteiger partial charge >= 0.3 is 11.9 Å². The number of aromatic nitrogens is 1. The Balaban J connectivity index is 1.83. The Kier molecular flexibility index (Phi) is 8.43. The van der Waals surface area contributed by atoms with Crippen LogP contribution in [0.5, 0.6) is 5.75 Å². The molecule has 1 N–H and O–H groups in total. The van der Waals surface area contributed by atoms with Gasteiger partial charge in [-0.25, -0.2) is 9.78 Å². The highest BCUT2D eigenvalue weighted by Gasteiger charge is 2.48. The highest BCUT2D eigenvalue weighted by atomic mass is 79.9. The second-order valence-electron chi connectivity index (χ2n) is 8.40. The zero-order valence-corrected chi connectivity index (χ0v) is 23.2. The van der Waals surface area contributed by atoms with E-state index in [9.17, 15) is 19.5 Å². The number of aryl methyl sites for hydroxylation is 1. The van der Waals surface area contributed by atoms with Crippen LogP contribution in [-0.4, -0.2) is 41.0 Å². The minimum absolute atomic E-state index is 0.0241. The number of aliphatic hydroxyl groups excluding tert-OH is 1. The van der Waals surface area contributed by atoms with Crippen molar-refractivity contribution in [2.45, 2.75) is 26.3 Å². The summed E-state index contributed by atoms with van der Waals surface area (Å²) in [5.74, 6) is -2.02. The summed E-state index contributed by atoms with van der Waals surface area (Å²) in [4.78, 5) is 45.1. The van der Waals surface area contributed by atoms with Gasteiger partial charge in [0.25, 0.3) is 5.78 Å². The summed E-state index contributed by atoms with van der Waals surface area (Å²) in [7, 11) is 0. The molecule has 1 amide bonds. The highest BCUT2D eigenvalue weighted by molar-refractivity contribution is 9.10. The number of carbonyl (C=O) groups excluding carboxylic acids is 3. The number of esters is 1. The van der Waals surface area contributed by atoms with Gasteiger partial charge in [0.05, 0.1) is 23.9 Å². The fourth-order valence-electron chi connectivity index (χ4n) is 3.98. The number of carbonyl (C=O) groups is 3. The van der Waals surface area contributed by atoms with E-state index in [1.54, 1.807) is 49.4 Å². The molecule has 1 atom stereocenters. The van der Waals surface area contributed by atoms with Gasteiger partial charge in [0.2, 0.25) is 0 Å². The van der Waals surface area contributed by atoms with E-state index in [1.807, 2.05) is 13.0 Å². The van der Waals surface area contributed by atoms with Crippen LogP contribution in [-0.2, 0) is 14.3 Å². The molecule has 3 aromatic rings. The molecule has 0 spiro atoms. The van der Waals surface area contributed by atoms with E-state index < -0.39 is 23.7 Å². The number of anilines is 1. The molecule has 196 valence electrons. The number of benzene rings is 2. The standard InChI is InChI=1S/C28H25BrN2O6S/c1-4-13-36-20-11-9-17(10-12-20)23(32)21-22(18-7-6-8-19(29)15-18)31(26(34)24(21)33)28-30-16(3)25(38-28)27(35)37-14-5-2/h5-12,15,22,32H,2,4,13-14H2,1,3H3/b23-21+. The molecule has 1 aromatic heterocycles. The smallest absolute Gasteiger partial charge is 0.350 e. The van der Waals surface area contributed by atoms with E-state index >= 15 is 0 Å². The molecule has 0 saturated carbocycles. The van der Waals surface area contributed by atoms with Crippen molar-refractivity contribution in [1.82, 2.24) is 4.98 Å². The molecule has 2 heterocycles. The van der Waals surface area contributed by atoms with Gasteiger partial charge in [-0.2, -0.15) is 0 Å². The minimum Gasteiger partial charge on any atom is -0.507 e. The first-order valence-electron chi connectivity index (χ1n) is 11.8. The summed E-state index contributed by atoms with van der Waals surface area (Å²) in [6.07, 6.45) is 2.30. The number of ether oxygens (including phenoxy) is 2. The maximum Gasteiger partial charge on any atom is 0.350 e. The van der Waals surface area contributed by atoms with Crippen LogP contribution in [0, 0.1) is 6.92 Å². The van der Waals surface area contributed by atoms with Gasteiger partial charge < -0.3 is 14.6 Å². The molecular formula is C28H25BrN2O6S. The number of ketones is 1. The largest absolute Gasteiger partial charge is 0.507 e. The molecule has 1 aliphatic heterocycles. The predicted octanol–water partition coefficient (Wildman–Crippen LogP) is 5.97. The van der Waals surface area contributed by atoms with Crippen LogP contribution < -0.4 is 9.64 Å². The normalized spacial score (nSPS) is 16.5. The molecule has 4 rings (SSSR count). The summed E-state index contributed by atoms with van der Waals surface area (Å²) in [5.41, 5.74) is 1.21. The first-order valence-corrected chi connectivity index (χ1v) is 13.4. The second kappa shape index (κ2) is 11.7. The van der Waals surface area contributed by atoms with Gasteiger partial charge in [0, 0.05) is 10.0 Å². The zero-order valence-electron chi connectivity index (χ0n) is 20.8. The molecule has 0 bridgehead atoms. The fourth-order valence-corrected chi connectivity index (χ4v) is 5.39. The quantitative estimate of drug-likeness (QED) is 0.107. The second-order valence-corrected chi connectivity index (χ2v) is 10.3. The lowest BCUT2D eigenvalue weighted by Gasteiger charge is -2.23. The van der Waals surface area contributed by atoms with Crippen LogP contribution in [0.3, 0.4) is 0 Å². The molecule has 8 nitrogen and oxygen atoms in total. The Morgan fingerprint density at radius 2 is 1.97 bits per heavy atom. The van der Waals surface area contributed by atoms with Crippen LogP contribution in [0.1, 0.15) is 45.9 Å². The number of hydrogen-bond donors (Lipinski definition) is 1. The van der Waals surface area contributed by atoms with Crippen molar-refractivity contribution in [3.63, 3.8) is 0 Å². The lowest BCUT2D eigenvalue weighted by molar-refractivity contribution is -0.132. The number of nitrogens with zero attached hydrogens (tertiary/aromatic N) is 2. The lowest BCUT2D eigenvalue weighted by Crippen LogP contribution is -2.29. The molecule has 1 unspecified atom stereocenters. The number of aliphatic hydroxyl groups is 1. The molecule has 0 aliphatic carbocycles. The number of rotatable bonds is 9. The Hall–Kier alpha value is -3.76. The maximum atomic E-state index is 13.4. The third-order valence-corrected chi connectivity index (χ3v) is 7.35. The van der Waals surface area contributed by atoms with Crippen LogP contribution in [0.25, 0.3) is 5.76 Å². The lowest BCUT2D eigenvalue weighted by atomic mass is 9.95. The van der Waals surface area contributed by atoms with E-state index in [4.69, 9.17) is 9.47 Å². The maximum absolute atomic E-state index is 13.4. The van der Waals surface area contributed by atoms with Gasteiger partial charge in [-0.3, -0.25) is 14.5 Å². The Bertz CT molecular complexity index is 1430. The summed E-state index contributed by atoms with van der Waals surface area (Å²) in [6.45, 7) is 7.73. The van der Waals surface area contributed by atoms with E-state index in [-0.39, 0.29) is 27.9 Å². The van der Waals surface area contributed by atoms with Crippen molar-refractivity contribution in [2.24, 2.45) is 0 Å². The number of thiazole rings is 1. The predicted molar refractivity (Wildman–Crippen MR) is 148 cm³/mol. The number of hydrogen-bond acceptors (Lipinski definition) is 8. The fraction of sp³-hybridized carbons (Fsp3) is 0.214. The van der Waals surface area contributed by atoms with E-state index in [0.717, 1.165) is 22.2 Å². The molecule has 0 radical (unpaired) electrons. The van der Waals surface area contributed by atoms with Gasteiger partial charge in [-0.05, 0) is 55.3 Å². The Labute approximate surface area is 232 Å². The molecule has 2 aromatic carbocycles. The third kappa shape index (κ3) is 5.41. The highest BCUT2D eigenvalue weighted by Crippen LogP contribution is 2.44. The van der Waals surface area contributed by atoms with Crippen LogP contribution in [0.15, 0.2) is 71.2 Å². The summed E-state index contributed by atoms with van der Waals surface area (Å²) >= 11 is 4.39. The van der Waals surface area contributed by atoms with E-state index in [0.29, 0.717) is 29.2 Å². The summed E-state index contributed by atoms with van der Waals surface area (Å²) < 4.78 is 11.5. The van der Waals surface area contributed by atoms with Crippen molar-refractivity contribution < 1.29 is 29.0 Å². The molecule has 10 heteroatoms. The van der Waals surface area contributed by atoms with Crippen LogP contribution >= 0.6 is 27.3 Å². The average molecular weight is 597 g/mol. The van der Waals surface area contributed by atoms with Gasteiger partial charge in [0.1, 0.15) is 23.0 Å². The van der Waals surface area contributed by atoms with Gasteiger partial charge in [-0.15, -0.1) is 0 Å². The zero-order chi connectivity index (χ0) is 27.4. The third-order valence-electron chi connectivity index (χ3n) is 5.72. The van der Waals surface area contributed by atoms with Crippen molar-refractivity contribution in [3.05, 3.63) is 92.9 Å². The van der Waals surface area contributed by atoms with E-state index in [2.05, 4.69) is 27.5 Å². The van der Waals surface area contributed by atoms with Crippen LogP contribution in [0.2, 0.25) is 0 Å². The Morgan fingerprint density at radius 3 is 2.63 bits per heavy atom. The SMILES string of the molecule is C=CCOC(=O)c1sc(N2C(=O)C(=O)/C(=C(/O)c3ccc(OCCC)cc3)C2c2cccc(Br)c2)nc1C. The van der Waals surface area contributed by atoms with Gasteiger partial charge in [0.15, 0.2) is 5.13 Å². The summed E-state index contributed by atoms with van der Waals surface area (Å²) in [5, 5.41) is 11.5. The average Bonchev–Trinajstić information content (AvgIpc) is 3.42. The topological polar surface area (TPSA) is 106 Å². The van der Waals surface area contributed by atoms with Crippen molar-refractivity contribution in [2.75, 3.05) is 18.1 Å². The number of halogens is 1. The molecule has 1 aliphatic rings.